The molecule has 2 aromatic rings. The van der Waals surface area contributed by atoms with Crippen molar-refractivity contribution in [3.63, 3.8) is 0 Å². The zero-order valence-corrected chi connectivity index (χ0v) is 15.4. The van der Waals surface area contributed by atoms with Crippen LogP contribution in [-0.4, -0.2) is 45.6 Å². The molecule has 1 amide bonds. The van der Waals surface area contributed by atoms with Gasteiger partial charge in [-0.15, -0.1) is 0 Å². The van der Waals surface area contributed by atoms with Gasteiger partial charge in [0.15, 0.2) is 0 Å². The lowest BCUT2D eigenvalue weighted by molar-refractivity contribution is 0.0506. The van der Waals surface area contributed by atoms with E-state index in [0.29, 0.717) is 12.5 Å². The van der Waals surface area contributed by atoms with E-state index in [1.807, 2.05) is 45.2 Å². The third-order valence-electron chi connectivity index (χ3n) is 4.42. The predicted octanol–water partition coefficient (Wildman–Crippen LogP) is 3.07. The van der Waals surface area contributed by atoms with Crippen LogP contribution in [0.5, 0.6) is 0 Å². The first kappa shape index (κ1) is 17.7. The molecule has 0 spiro atoms. The Balaban J connectivity index is 1.52. The maximum Gasteiger partial charge on any atom is 0.407 e. The highest BCUT2D eigenvalue weighted by Gasteiger charge is 2.22. The fraction of sp³-hybridized carbons (Fsp3) is 0.579. The number of carbonyl (C=O) groups is 1. The van der Waals surface area contributed by atoms with Gasteiger partial charge in [0.25, 0.3) is 0 Å². The van der Waals surface area contributed by atoms with E-state index in [1.54, 1.807) is 0 Å². The SMILES string of the molecule is CC(C)(C)OC(=O)NC[C@@H]1CCCN(Cc2cnc3ccccn23)C1. The minimum absolute atomic E-state index is 0.327. The van der Waals surface area contributed by atoms with Crippen LogP contribution in [-0.2, 0) is 11.3 Å². The molecule has 1 fully saturated rings. The van der Waals surface area contributed by atoms with Crippen LogP contribution in [0.15, 0.2) is 30.6 Å². The fourth-order valence-corrected chi connectivity index (χ4v) is 3.33. The van der Waals surface area contributed by atoms with E-state index in [2.05, 4.69) is 25.8 Å². The molecule has 0 aromatic carbocycles. The molecule has 0 saturated carbocycles. The van der Waals surface area contributed by atoms with E-state index < -0.39 is 5.60 Å². The Bertz CT molecular complexity index is 720. The van der Waals surface area contributed by atoms with Gasteiger partial charge >= 0.3 is 6.09 Å². The molecular formula is C19H28N4O2. The highest BCUT2D eigenvalue weighted by atomic mass is 16.6. The van der Waals surface area contributed by atoms with Gasteiger partial charge in [-0.25, -0.2) is 9.78 Å². The number of hydrogen-bond acceptors (Lipinski definition) is 4. The van der Waals surface area contributed by atoms with Crippen molar-refractivity contribution >= 4 is 11.7 Å². The van der Waals surface area contributed by atoms with Crippen molar-refractivity contribution in [3.8, 4) is 0 Å². The van der Waals surface area contributed by atoms with E-state index in [1.165, 1.54) is 5.69 Å². The van der Waals surface area contributed by atoms with Crippen LogP contribution in [0.1, 0.15) is 39.3 Å². The lowest BCUT2D eigenvalue weighted by Gasteiger charge is -2.32. The Morgan fingerprint density at radius 3 is 3.04 bits per heavy atom. The van der Waals surface area contributed by atoms with E-state index >= 15 is 0 Å². The van der Waals surface area contributed by atoms with E-state index in [-0.39, 0.29) is 6.09 Å². The number of piperidine rings is 1. The maximum absolute atomic E-state index is 11.8. The van der Waals surface area contributed by atoms with Gasteiger partial charge in [-0.1, -0.05) is 6.07 Å². The van der Waals surface area contributed by atoms with Gasteiger partial charge in [-0.2, -0.15) is 0 Å². The number of imidazole rings is 1. The van der Waals surface area contributed by atoms with Crippen molar-refractivity contribution in [2.75, 3.05) is 19.6 Å². The lowest BCUT2D eigenvalue weighted by Crippen LogP contribution is -2.42. The molecule has 1 aliphatic rings. The third-order valence-corrected chi connectivity index (χ3v) is 4.42. The van der Waals surface area contributed by atoms with Gasteiger partial charge < -0.3 is 14.5 Å². The molecule has 25 heavy (non-hydrogen) atoms. The summed E-state index contributed by atoms with van der Waals surface area (Å²) in [6.45, 7) is 9.26. The number of fused-ring (bicyclic) bond motifs is 1. The predicted molar refractivity (Wildman–Crippen MR) is 97.4 cm³/mol. The molecule has 0 aliphatic carbocycles. The molecule has 1 atom stereocenters. The van der Waals surface area contributed by atoms with E-state index in [9.17, 15) is 4.79 Å². The number of nitrogens with zero attached hydrogens (tertiary/aromatic N) is 3. The first-order chi connectivity index (χ1) is 11.9. The van der Waals surface area contributed by atoms with Gasteiger partial charge in [-0.3, -0.25) is 4.90 Å². The summed E-state index contributed by atoms with van der Waals surface area (Å²) in [6, 6.07) is 6.06. The van der Waals surface area contributed by atoms with Gasteiger partial charge in [0.2, 0.25) is 0 Å². The molecule has 1 aliphatic heterocycles. The van der Waals surface area contributed by atoms with Crippen LogP contribution in [0.3, 0.4) is 0 Å². The molecular weight excluding hydrogens is 316 g/mol. The third kappa shape index (κ3) is 4.95. The average molecular weight is 344 g/mol. The smallest absolute Gasteiger partial charge is 0.407 e. The van der Waals surface area contributed by atoms with Gasteiger partial charge in [-0.05, 0) is 58.2 Å². The molecule has 0 bridgehead atoms. The lowest BCUT2D eigenvalue weighted by atomic mass is 9.98. The molecule has 6 heteroatoms. The van der Waals surface area contributed by atoms with Crippen LogP contribution in [0.4, 0.5) is 4.79 Å². The first-order valence-corrected chi connectivity index (χ1v) is 9.01. The van der Waals surface area contributed by atoms with Crippen molar-refractivity contribution in [2.45, 2.75) is 45.8 Å². The van der Waals surface area contributed by atoms with Gasteiger partial charge in [0.1, 0.15) is 11.2 Å². The summed E-state index contributed by atoms with van der Waals surface area (Å²) in [5.74, 6) is 0.459. The molecule has 6 nitrogen and oxygen atoms in total. The van der Waals surface area contributed by atoms with Gasteiger partial charge in [0.05, 0.1) is 11.9 Å². The molecule has 1 N–H and O–H groups in total. The summed E-state index contributed by atoms with van der Waals surface area (Å²) < 4.78 is 7.46. The largest absolute Gasteiger partial charge is 0.444 e. The average Bonchev–Trinajstić information content (AvgIpc) is 2.95. The number of pyridine rings is 1. The Morgan fingerprint density at radius 2 is 2.24 bits per heavy atom. The zero-order chi connectivity index (χ0) is 17.9. The maximum atomic E-state index is 11.8. The first-order valence-electron chi connectivity index (χ1n) is 9.01. The molecule has 136 valence electrons. The zero-order valence-electron chi connectivity index (χ0n) is 15.4. The van der Waals surface area contributed by atoms with Crippen LogP contribution in [0.25, 0.3) is 5.65 Å². The van der Waals surface area contributed by atoms with Crippen LogP contribution < -0.4 is 5.32 Å². The number of ether oxygens (including phenoxy) is 1. The number of carbonyl (C=O) groups excluding carboxylic acids is 1. The summed E-state index contributed by atoms with van der Waals surface area (Å²) >= 11 is 0. The minimum Gasteiger partial charge on any atom is -0.444 e. The van der Waals surface area contributed by atoms with E-state index in [0.717, 1.165) is 38.1 Å². The Hall–Kier alpha value is -2.08. The number of hydrogen-bond donors (Lipinski definition) is 1. The summed E-state index contributed by atoms with van der Waals surface area (Å²) in [6.07, 6.45) is 5.98. The topological polar surface area (TPSA) is 58.9 Å². The van der Waals surface area contributed by atoms with Crippen molar-refractivity contribution < 1.29 is 9.53 Å². The van der Waals surface area contributed by atoms with Crippen LogP contribution in [0, 0.1) is 5.92 Å². The second-order valence-electron chi connectivity index (χ2n) is 7.80. The number of amides is 1. The second-order valence-corrected chi connectivity index (χ2v) is 7.80. The molecule has 0 radical (unpaired) electrons. The molecule has 3 rings (SSSR count). The molecule has 3 heterocycles. The summed E-state index contributed by atoms with van der Waals surface area (Å²) in [7, 11) is 0. The number of alkyl carbamates (subject to hydrolysis) is 1. The molecule has 2 aromatic heterocycles. The summed E-state index contributed by atoms with van der Waals surface area (Å²) in [5, 5.41) is 2.91. The second kappa shape index (κ2) is 7.44. The van der Waals surface area contributed by atoms with Crippen molar-refractivity contribution in [3.05, 3.63) is 36.3 Å². The standard InChI is InChI=1S/C19H28N4O2/c1-19(2,3)25-18(24)21-11-15-7-6-9-22(13-15)14-16-12-20-17-8-4-5-10-23(16)17/h4-5,8,10,12,15H,6-7,9,11,13-14H2,1-3H3,(H,21,24)/t15-/m0/s1. The number of likely N-dealkylation sites (tertiary alicyclic amines) is 1. The Labute approximate surface area is 149 Å². The summed E-state index contributed by atoms with van der Waals surface area (Å²) in [4.78, 5) is 18.7. The van der Waals surface area contributed by atoms with Gasteiger partial charge in [0, 0.05) is 25.8 Å². The van der Waals surface area contributed by atoms with Crippen molar-refractivity contribution in [1.29, 1.82) is 0 Å². The monoisotopic (exact) mass is 344 g/mol. The van der Waals surface area contributed by atoms with Crippen molar-refractivity contribution in [1.82, 2.24) is 19.6 Å². The normalized spacial score (nSPS) is 19.1. The minimum atomic E-state index is -0.453. The fourth-order valence-electron chi connectivity index (χ4n) is 3.33. The highest BCUT2D eigenvalue weighted by Crippen LogP contribution is 2.19. The number of nitrogens with one attached hydrogen (secondary N) is 1. The van der Waals surface area contributed by atoms with E-state index in [4.69, 9.17) is 4.74 Å². The van der Waals surface area contributed by atoms with Crippen molar-refractivity contribution in [2.24, 2.45) is 5.92 Å². The number of aromatic nitrogens is 2. The summed E-state index contributed by atoms with van der Waals surface area (Å²) in [5.41, 5.74) is 1.74. The van der Waals surface area contributed by atoms with Crippen LogP contribution >= 0.6 is 0 Å². The quantitative estimate of drug-likeness (QED) is 0.926. The number of rotatable bonds is 4. The Kier molecular flexibility index (Phi) is 5.27. The van der Waals surface area contributed by atoms with Crippen LogP contribution in [0.2, 0.25) is 0 Å². The Morgan fingerprint density at radius 1 is 1.40 bits per heavy atom. The molecule has 0 unspecified atom stereocenters. The molecule has 1 saturated heterocycles. The highest BCUT2D eigenvalue weighted by molar-refractivity contribution is 5.67.